The standard InChI is InChI=1S/C25H22F3N5O3/c1-32-13-20(17-10-22(35)33(7-8-34)14-19(17)15-5-3-2-4-6-15)18-9-21(31-23(18)24(32)36)16(11-29)12-30-25(26,27)28/h2-6,9-14,29-31,34H,7-8H2,1H3/b16-12+,29-11?. The highest BCUT2D eigenvalue weighted by atomic mass is 19.4. The number of pyridine rings is 2. The number of benzene rings is 1. The minimum Gasteiger partial charge on any atom is -0.395 e. The highest BCUT2D eigenvalue weighted by Crippen LogP contribution is 2.35. The van der Waals surface area contributed by atoms with Gasteiger partial charge in [-0.05, 0) is 17.2 Å². The number of nitrogens with zero attached hydrogens (tertiary/aromatic N) is 2. The summed E-state index contributed by atoms with van der Waals surface area (Å²) in [6, 6.07) is 12.1. The third kappa shape index (κ3) is 4.86. The van der Waals surface area contributed by atoms with E-state index in [2.05, 4.69) is 4.98 Å². The fraction of sp³-hybridized carbons (Fsp3) is 0.160. The summed E-state index contributed by atoms with van der Waals surface area (Å²) in [5.41, 5.74) is 1.75. The van der Waals surface area contributed by atoms with Crippen LogP contribution in [-0.2, 0) is 13.6 Å². The third-order valence-electron chi connectivity index (χ3n) is 5.66. The van der Waals surface area contributed by atoms with Gasteiger partial charge < -0.3 is 30.0 Å². The number of aliphatic hydroxyl groups is 1. The molecule has 0 fully saturated rings. The first-order chi connectivity index (χ1) is 17.1. The van der Waals surface area contributed by atoms with Gasteiger partial charge in [0.2, 0.25) is 0 Å². The van der Waals surface area contributed by atoms with E-state index >= 15 is 0 Å². The maximum Gasteiger partial charge on any atom is 0.481 e. The molecule has 4 aromatic rings. The lowest BCUT2D eigenvalue weighted by atomic mass is 9.95. The second-order valence-electron chi connectivity index (χ2n) is 8.04. The zero-order valence-corrected chi connectivity index (χ0v) is 19.1. The van der Waals surface area contributed by atoms with E-state index in [0.717, 1.165) is 11.8 Å². The summed E-state index contributed by atoms with van der Waals surface area (Å²) in [7, 11) is 1.53. The number of H-pyrrole nitrogens is 1. The van der Waals surface area contributed by atoms with Gasteiger partial charge >= 0.3 is 6.30 Å². The van der Waals surface area contributed by atoms with Crippen molar-refractivity contribution >= 4 is 22.7 Å². The molecule has 0 aliphatic rings. The first kappa shape index (κ1) is 24.7. The number of aromatic nitrogens is 3. The molecule has 36 heavy (non-hydrogen) atoms. The molecule has 11 heteroatoms. The Balaban J connectivity index is 2.01. The summed E-state index contributed by atoms with van der Waals surface area (Å²) < 4.78 is 40.7. The van der Waals surface area contributed by atoms with Crippen molar-refractivity contribution in [2.24, 2.45) is 7.05 Å². The molecule has 4 rings (SSSR count). The van der Waals surface area contributed by atoms with Crippen LogP contribution in [0.3, 0.4) is 0 Å². The lowest BCUT2D eigenvalue weighted by molar-refractivity contribution is -0.146. The maximum absolute atomic E-state index is 12.9. The summed E-state index contributed by atoms with van der Waals surface area (Å²) >= 11 is 0. The zero-order valence-electron chi connectivity index (χ0n) is 19.1. The average Bonchev–Trinajstić information content (AvgIpc) is 3.28. The predicted molar refractivity (Wildman–Crippen MR) is 132 cm³/mol. The molecule has 0 atom stereocenters. The van der Waals surface area contributed by atoms with Gasteiger partial charge in [-0.1, -0.05) is 30.3 Å². The monoisotopic (exact) mass is 497 g/mol. The highest BCUT2D eigenvalue weighted by molar-refractivity contribution is 6.10. The Hall–Kier alpha value is -4.38. The molecule has 0 radical (unpaired) electrons. The van der Waals surface area contributed by atoms with Gasteiger partial charge in [0.05, 0.1) is 6.61 Å². The van der Waals surface area contributed by atoms with Crippen LogP contribution < -0.4 is 16.4 Å². The molecule has 0 aliphatic carbocycles. The molecule has 0 bridgehead atoms. The van der Waals surface area contributed by atoms with E-state index in [9.17, 15) is 27.9 Å². The Morgan fingerprint density at radius 2 is 1.83 bits per heavy atom. The molecule has 1 aromatic carbocycles. The summed E-state index contributed by atoms with van der Waals surface area (Å²) in [6.07, 6.45) is -0.136. The van der Waals surface area contributed by atoms with Crippen LogP contribution in [0.5, 0.6) is 0 Å². The van der Waals surface area contributed by atoms with Crippen molar-refractivity contribution in [1.82, 2.24) is 19.4 Å². The summed E-state index contributed by atoms with van der Waals surface area (Å²) in [5, 5.41) is 18.6. The van der Waals surface area contributed by atoms with Crippen molar-refractivity contribution in [3.05, 3.63) is 87.5 Å². The molecule has 0 spiro atoms. The van der Waals surface area contributed by atoms with Crippen LogP contribution in [0.4, 0.5) is 13.2 Å². The van der Waals surface area contributed by atoms with Gasteiger partial charge in [0.25, 0.3) is 11.1 Å². The molecule has 3 heterocycles. The molecule has 0 saturated heterocycles. The third-order valence-corrected chi connectivity index (χ3v) is 5.66. The van der Waals surface area contributed by atoms with E-state index in [1.165, 1.54) is 33.6 Å². The van der Waals surface area contributed by atoms with Crippen molar-refractivity contribution < 1.29 is 18.3 Å². The molecule has 0 aliphatic heterocycles. The van der Waals surface area contributed by atoms with Crippen molar-refractivity contribution in [1.29, 1.82) is 5.41 Å². The largest absolute Gasteiger partial charge is 0.481 e. The van der Waals surface area contributed by atoms with Gasteiger partial charge in [-0.3, -0.25) is 9.59 Å². The quantitative estimate of drug-likeness (QED) is 0.231. The van der Waals surface area contributed by atoms with Crippen molar-refractivity contribution in [3.8, 4) is 22.3 Å². The number of halogens is 3. The molecule has 0 saturated carbocycles. The lowest BCUT2D eigenvalue weighted by Crippen LogP contribution is -2.26. The molecule has 8 nitrogen and oxygen atoms in total. The van der Waals surface area contributed by atoms with Gasteiger partial charge in [0.1, 0.15) is 5.52 Å². The van der Waals surface area contributed by atoms with E-state index in [1.807, 2.05) is 30.3 Å². The minimum absolute atomic E-state index is 0.0929. The Labute approximate surface area is 202 Å². The lowest BCUT2D eigenvalue weighted by Gasteiger charge is -2.15. The Morgan fingerprint density at radius 3 is 2.47 bits per heavy atom. The van der Waals surface area contributed by atoms with Crippen LogP contribution in [0.1, 0.15) is 5.69 Å². The highest BCUT2D eigenvalue weighted by Gasteiger charge is 2.25. The summed E-state index contributed by atoms with van der Waals surface area (Å²) in [6.45, 7) is -0.140. The minimum atomic E-state index is -4.69. The van der Waals surface area contributed by atoms with Crippen LogP contribution in [0.2, 0.25) is 0 Å². The van der Waals surface area contributed by atoms with Crippen molar-refractivity contribution in [2.75, 3.05) is 6.61 Å². The first-order valence-electron chi connectivity index (χ1n) is 10.8. The number of fused-ring (bicyclic) bond motifs is 1. The fourth-order valence-electron chi connectivity index (χ4n) is 3.99. The van der Waals surface area contributed by atoms with Gasteiger partial charge in [-0.2, -0.15) is 13.2 Å². The topological polar surface area (TPSA) is 116 Å². The predicted octanol–water partition coefficient (Wildman–Crippen LogP) is 3.45. The van der Waals surface area contributed by atoms with Crippen LogP contribution in [0, 0.1) is 5.41 Å². The molecular formula is C25H22F3N5O3. The van der Waals surface area contributed by atoms with E-state index in [0.29, 0.717) is 28.3 Å². The average molecular weight is 497 g/mol. The number of aliphatic hydroxyl groups excluding tert-OH is 1. The smallest absolute Gasteiger partial charge is 0.395 e. The first-order valence-corrected chi connectivity index (χ1v) is 10.8. The molecule has 4 N–H and O–H groups in total. The zero-order chi connectivity index (χ0) is 26.0. The van der Waals surface area contributed by atoms with Crippen LogP contribution >= 0.6 is 0 Å². The molecule has 3 aromatic heterocycles. The number of allylic oxidation sites excluding steroid dienone is 1. The number of aromatic amines is 1. The van der Waals surface area contributed by atoms with E-state index < -0.39 is 11.9 Å². The number of nitrogens with one attached hydrogen (secondary N) is 3. The van der Waals surface area contributed by atoms with Crippen molar-refractivity contribution in [3.63, 3.8) is 0 Å². The fourth-order valence-corrected chi connectivity index (χ4v) is 3.99. The number of hydrogen-bond acceptors (Lipinski definition) is 5. The number of alkyl halides is 3. The van der Waals surface area contributed by atoms with Gasteiger partial charge in [0, 0.05) is 72.2 Å². The summed E-state index contributed by atoms with van der Waals surface area (Å²) in [4.78, 5) is 28.5. The van der Waals surface area contributed by atoms with E-state index in [4.69, 9.17) is 5.41 Å². The van der Waals surface area contributed by atoms with Crippen LogP contribution in [0.25, 0.3) is 38.7 Å². The number of aryl methyl sites for hydroxylation is 1. The second kappa shape index (κ2) is 9.70. The molecule has 0 amide bonds. The van der Waals surface area contributed by atoms with E-state index in [1.54, 1.807) is 12.4 Å². The Bertz CT molecular complexity index is 1580. The number of hydrogen-bond donors (Lipinski definition) is 4. The molecule has 186 valence electrons. The summed E-state index contributed by atoms with van der Waals surface area (Å²) in [5.74, 6) is 0. The van der Waals surface area contributed by atoms with Crippen LogP contribution in [0.15, 0.2) is 70.6 Å². The van der Waals surface area contributed by atoms with E-state index in [-0.39, 0.29) is 35.5 Å². The van der Waals surface area contributed by atoms with Gasteiger partial charge in [0.15, 0.2) is 0 Å². The second-order valence-corrected chi connectivity index (χ2v) is 8.04. The maximum atomic E-state index is 12.9. The SMILES string of the molecule is Cn1cc(-c2cc(=O)n(CCO)cc2-c2ccccc2)c2cc(/C(C=N)=C/NC(F)(F)F)[nH]c2c1=O. The van der Waals surface area contributed by atoms with Crippen LogP contribution in [-0.4, -0.2) is 38.3 Å². The van der Waals surface area contributed by atoms with Crippen molar-refractivity contribution in [2.45, 2.75) is 12.8 Å². The normalized spacial score (nSPS) is 12.2. The molecular weight excluding hydrogens is 475 g/mol. The van der Waals surface area contributed by atoms with Gasteiger partial charge in [-0.25, -0.2) is 0 Å². The van der Waals surface area contributed by atoms with Gasteiger partial charge in [-0.15, -0.1) is 0 Å². The number of rotatable bonds is 7. The molecule has 0 unspecified atom stereocenters. The Morgan fingerprint density at radius 1 is 1.11 bits per heavy atom. The Kier molecular flexibility index (Phi) is 6.67.